The Hall–Kier alpha value is -2.38. The first-order chi connectivity index (χ1) is 15.1. The molecule has 0 radical (unpaired) electrons. The van der Waals surface area contributed by atoms with Gasteiger partial charge in [0.25, 0.3) is 0 Å². The lowest BCUT2D eigenvalue weighted by atomic mass is 10.00. The minimum absolute atomic E-state index is 0.0275. The first-order valence-corrected chi connectivity index (χ1v) is 11.8. The van der Waals surface area contributed by atoms with Gasteiger partial charge in [-0.05, 0) is 54.8 Å². The summed E-state index contributed by atoms with van der Waals surface area (Å²) in [5.41, 5.74) is 2.23. The van der Waals surface area contributed by atoms with Gasteiger partial charge in [-0.1, -0.05) is 18.2 Å². The van der Waals surface area contributed by atoms with Gasteiger partial charge in [0.15, 0.2) is 0 Å². The molecule has 0 saturated heterocycles. The Labute approximate surface area is 187 Å². The van der Waals surface area contributed by atoms with Gasteiger partial charge in [0, 0.05) is 31.0 Å². The monoisotopic (exact) mass is 442 g/mol. The highest BCUT2D eigenvalue weighted by atomic mass is 32.1. The largest absolute Gasteiger partial charge is 0.491 e. The topological polar surface area (TPSA) is 59.1 Å². The maximum Gasteiger partial charge on any atom is 0.242 e. The van der Waals surface area contributed by atoms with Crippen molar-refractivity contribution in [3.05, 3.63) is 51.7 Å². The van der Waals surface area contributed by atoms with Gasteiger partial charge < -0.3 is 19.3 Å². The minimum Gasteiger partial charge on any atom is -0.491 e. The molecule has 1 saturated carbocycles. The van der Waals surface area contributed by atoms with Crippen LogP contribution >= 0.6 is 11.3 Å². The Balaban J connectivity index is 1.49. The third-order valence-corrected chi connectivity index (χ3v) is 7.03. The fourth-order valence-corrected chi connectivity index (χ4v) is 5.00. The minimum atomic E-state index is -0.151. The van der Waals surface area contributed by atoms with Gasteiger partial charge in [-0.25, -0.2) is 0 Å². The van der Waals surface area contributed by atoms with Crippen LogP contribution in [0.3, 0.4) is 0 Å². The Morgan fingerprint density at radius 1 is 1.23 bits per heavy atom. The predicted molar refractivity (Wildman–Crippen MR) is 120 cm³/mol. The molecule has 1 fully saturated rings. The Kier molecular flexibility index (Phi) is 6.92. The standard InChI is InChI=1S/C24H30N2O4S/c1-17-5-3-4-6-21(17)30-16-20-19-10-14-31-22(19)9-11-26(20)23(27)15-25(12-13-29-2)24(28)18-7-8-18/h3-6,10,14,18,20H,7-9,11-13,15-16H2,1-2H3/t20-/m0/s1. The number of fused-ring (bicyclic) bond motifs is 1. The highest BCUT2D eigenvalue weighted by molar-refractivity contribution is 7.10. The van der Waals surface area contributed by atoms with Crippen molar-refractivity contribution < 1.29 is 19.1 Å². The number of amides is 2. The van der Waals surface area contributed by atoms with E-state index >= 15 is 0 Å². The zero-order valence-electron chi connectivity index (χ0n) is 18.2. The first kappa shape index (κ1) is 21.8. The van der Waals surface area contributed by atoms with Gasteiger partial charge in [-0.2, -0.15) is 0 Å². The number of thiophene rings is 1. The molecular formula is C24H30N2O4S. The molecule has 166 valence electrons. The number of ether oxygens (including phenoxy) is 2. The zero-order valence-corrected chi connectivity index (χ0v) is 19.0. The molecule has 2 heterocycles. The van der Waals surface area contributed by atoms with Crippen LogP contribution in [0.25, 0.3) is 0 Å². The van der Waals surface area contributed by atoms with Crippen LogP contribution in [0.15, 0.2) is 35.7 Å². The normalized spacial score (nSPS) is 17.9. The van der Waals surface area contributed by atoms with Crippen LogP contribution in [0.1, 0.15) is 34.9 Å². The SMILES string of the molecule is COCCN(CC(=O)N1CCc2sccc2[C@@H]1COc1ccccc1C)C(=O)C1CC1. The van der Waals surface area contributed by atoms with Crippen molar-refractivity contribution >= 4 is 23.2 Å². The van der Waals surface area contributed by atoms with E-state index < -0.39 is 0 Å². The Morgan fingerprint density at radius 3 is 2.77 bits per heavy atom. The number of rotatable bonds is 9. The molecule has 31 heavy (non-hydrogen) atoms. The number of methoxy groups -OCH3 is 1. The molecule has 1 aliphatic carbocycles. The quantitative estimate of drug-likeness (QED) is 0.597. The summed E-state index contributed by atoms with van der Waals surface area (Å²) in [6.45, 7) is 4.03. The van der Waals surface area contributed by atoms with Gasteiger partial charge in [0.2, 0.25) is 11.8 Å². The molecule has 1 aromatic heterocycles. The summed E-state index contributed by atoms with van der Waals surface area (Å²) in [7, 11) is 1.61. The summed E-state index contributed by atoms with van der Waals surface area (Å²) in [4.78, 5) is 31.0. The Morgan fingerprint density at radius 2 is 2.03 bits per heavy atom. The lowest BCUT2D eigenvalue weighted by Crippen LogP contribution is -2.48. The maximum absolute atomic E-state index is 13.4. The molecule has 6 nitrogen and oxygen atoms in total. The van der Waals surface area contributed by atoms with E-state index in [0.29, 0.717) is 26.3 Å². The molecule has 0 bridgehead atoms. The molecule has 0 N–H and O–H groups in total. The molecule has 4 rings (SSSR count). The fraction of sp³-hybridized carbons (Fsp3) is 0.500. The summed E-state index contributed by atoms with van der Waals surface area (Å²) in [5.74, 6) is 0.962. The molecule has 1 aliphatic heterocycles. The maximum atomic E-state index is 13.4. The number of para-hydroxylation sites is 1. The van der Waals surface area contributed by atoms with Crippen molar-refractivity contribution in [2.24, 2.45) is 5.92 Å². The van der Waals surface area contributed by atoms with Crippen molar-refractivity contribution in [3.63, 3.8) is 0 Å². The third kappa shape index (κ3) is 5.10. The average Bonchev–Trinajstić information content (AvgIpc) is 3.52. The van der Waals surface area contributed by atoms with E-state index in [1.807, 2.05) is 36.1 Å². The molecule has 1 aromatic carbocycles. The van der Waals surface area contributed by atoms with Crippen molar-refractivity contribution in [2.75, 3.05) is 40.0 Å². The van der Waals surface area contributed by atoms with Crippen LogP contribution in [0.4, 0.5) is 0 Å². The van der Waals surface area contributed by atoms with E-state index in [2.05, 4.69) is 11.4 Å². The predicted octanol–water partition coefficient (Wildman–Crippen LogP) is 3.45. The van der Waals surface area contributed by atoms with E-state index in [9.17, 15) is 9.59 Å². The van der Waals surface area contributed by atoms with E-state index in [-0.39, 0.29) is 30.3 Å². The van der Waals surface area contributed by atoms with E-state index in [1.54, 1.807) is 23.3 Å². The van der Waals surface area contributed by atoms with Crippen LogP contribution < -0.4 is 4.74 Å². The second kappa shape index (κ2) is 9.83. The zero-order chi connectivity index (χ0) is 21.8. The summed E-state index contributed by atoms with van der Waals surface area (Å²) in [5, 5.41) is 2.08. The summed E-state index contributed by atoms with van der Waals surface area (Å²) < 4.78 is 11.3. The van der Waals surface area contributed by atoms with Crippen LogP contribution in [0.5, 0.6) is 5.75 Å². The highest BCUT2D eigenvalue weighted by Crippen LogP contribution is 2.35. The van der Waals surface area contributed by atoms with Gasteiger partial charge >= 0.3 is 0 Å². The summed E-state index contributed by atoms with van der Waals surface area (Å²) in [6.07, 6.45) is 2.69. The number of carbonyl (C=O) groups excluding carboxylic acids is 2. The number of hydrogen-bond donors (Lipinski definition) is 0. The fourth-order valence-electron chi connectivity index (χ4n) is 4.07. The van der Waals surface area contributed by atoms with Crippen LogP contribution in [-0.4, -0.2) is 61.6 Å². The lowest BCUT2D eigenvalue weighted by Gasteiger charge is -2.37. The van der Waals surface area contributed by atoms with Gasteiger partial charge in [0.1, 0.15) is 12.4 Å². The second-order valence-corrected chi connectivity index (χ2v) is 9.26. The molecule has 1 atom stereocenters. The molecule has 2 aliphatic rings. The molecule has 2 aromatic rings. The van der Waals surface area contributed by atoms with Crippen molar-refractivity contribution in [1.82, 2.24) is 9.80 Å². The number of carbonyl (C=O) groups is 2. The smallest absolute Gasteiger partial charge is 0.242 e. The Bertz CT molecular complexity index is 924. The first-order valence-electron chi connectivity index (χ1n) is 10.9. The van der Waals surface area contributed by atoms with Crippen molar-refractivity contribution in [3.8, 4) is 5.75 Å². The summed E-state index contributed by atoms with van der Waals surface area (Å²) >= 11 is 1.74. The van der Waals surface area contributed by atoms with E-state index in [1.165, 1.54) is 4.88 Å². The molecule has 7 heteroatoms. The van der Waals surface area contributed by atoms with Crippen LogP contribution in [0.2, 0.25) is 0 Å². The highest BCUT2D eigenvalue weighted by Gasteiger charge is 2.37. The second-order valence-electron chi connectivity index (χ2n) is 8.26. The van der Waals surface area contributed by atoms with Gasteiger partial charge in [0.05, 0.1) is 19.2 Å². The van der Waals surface area contributed by atoms with Gasteiger partial charge in [-0.3, -0.25) is 9.59 Å². The average molecular weight is 443 g/mol. The van der Waals surface area contributed by atoms with E-state index in [4.69, 9.17) is 9.47 Å². The lowest BCUT2D eigenvalue weighted by molar-refractivity contribution is -0.143. The summed E-state index contributed by atoms with van der Waals surface area (Å²) in [6, 6.07) is 9.87. The van der Waals surface area contributed by atoms with E-state index in [0.717, 1.165) is 36.1 Å². The molecule has 0 spiro atoms. The molecule has 0 unspecified atom stereocenters. The number of benzene rings is 1. The van der Waals surface area contributed by atoms with Gasteiger partial charge in [-0.15, -0.1) is 11.3 Å². The van der Waals surface area contributed by atoms with Crippen LogP contribution in [-0.2, 0) is 20.7 Å². The number of hydrogen-bond acceptors (Lipinski definition) is 5. The van der Waals surface area contributed by atoms with Crippen LogP contribution in [0, 0.1) is 12.8 Å². The third-order valence-electron chi connectivity index (χ3n) is 6.04. The molecule has 2 amide bonds. The number of aryl methyl sites for hydroxylation is 1. The van der Waals surface area contributed by atoms with Crippen molar-refractivity contribution in [1.29, 1.82) is 0 Å². The number of nitrogens with zero attached hydrogens (tertiary/aromatic N) is 2. The van der Waals surface area contributed by atoms with Crippen molar-refractivity contribution in [2.45, 2.75) is 32.2 Å². The molecular weight excluding hydrogens is 412 g/mol.